The van der Waals surface area contributed by atoms with E-state index in [1.165, 1.54) is 31.5 Å². The van der Waals surface area contributed by atoms with Crippen LogP contribution in [0.15, 0.2) is 53.6 Å². The first kappa shape index (κ1) is 22.3. The minimum atomic E-state index is -3.35. The van der Waals surface area contributed by atoms with Gasteiger partial charge in [-0.15, -0.1) is 10.2 Å². The number of carbonyl (C=O) groups is 1. The zero-order chi connectivity index (χ0) is 22.8. The number of benzene rings is 2. The fourth-order valence-corrected chi connectivity index (χ4v) is 3.56. The standard InChI is InChI=1S/C21H21FN4O4S/c1-21(2,14-6-5-7-15(11-14)31(4,28)29)24-20-23-12-18(25-26-20)16-10-13(19(27)30-3)8-9-17(16)22/h5-12H,1-4H3,(H,23,24,26). The summed E-state index contributed by atoms with van der Waals surface area (Å²) >= 11 is 0. The first-order chi connectivity index (χ1) is 14.5. The lowest BCUT2D eigenvalue weighted by Gasteiger charge is -2.27. The van der Waals surface area contributed by atoms with Crippen molar-refractivity contribution in [3.63, 3.8) is 0 Å². The van der Waals surface area contributed by atoms with Gasteiger partial charge in [0.15, 0.2) is 9.84 Å². The predicted molar refractivity (Wildman–Crippen MR) is 113 cm³/mol. The summed E-state index contributed by atoms with van der Waals surface area (Å²) in [6, 6.07) is 10.3. The number of anilines is 1. The number of rotatable bonds is 6. The van der Waals surface area contributed by atoms with Gasteiger partial charge in [0, 0.05) is 11.8 Å². The molecule has 0 aliphatic carbocycles. The van der Waals surface area contributed by atoms with Gasteiger partial charge in [0.2, 0.25) is 5.95 Å². The van der Waals surface area contributed by atoms with Gasteiger partial charge in [-0.1, -0.05) is 12.1 Å². The topological polar surface area (TPSA) is 111 Å². The molecule has 0 spiro atoms. The second-order valence-corrected chi connectivity index (χ2v) is 9.42. The zero-order valence-electron chi connectivity index (χ0n) is 17.4. The Kier molecular flexibility index (Phi) is 6.03. The summed E-state index contributed by atoms with van der Waals surface area (Å²) in [6.45, 7) is 3.68. The van der Waals surface area contributed by atoms with Crippen molar-refractivity contribution in [2.75, 3.05) is 18.7 Å². The molecule has 1 heterocycles. The SMILES string of the molecule is COC(=O)c1ccc(F)c(-c2cnc(NC(C)(C)c3cccc(S(C)(=O)=O)c3)nn2)c1. The average molecular weight is 444 g/mol. The molecule has 31 heavy (non-hydrogen) atoms. The van der Waals surface area contributed by atoms with E-state index in [1.807, 2.05) is 13.8 Å². The van der Waals surface area contributed by atoms with Gasteiger partial charge < -0.3 is 10.1 Å². The van der Waals surface area contributed by atoms with E-state index in [0.717, 1.165) is 12.3 Å². The highest BCUT2D eigenvalue weighted by Gasteiger charge is 2.23. The monoisotopic (exact) mass is 444 g/mol. The van der Waals surface area contributed by atoms with Gasteiger partial charge in [-0.05, 0) is 49.7 Å². The number of hydrogen-bond donors (Lipinski definition) is 1. The molecule has 0 unspecified atom stereocenters. The first-order valence-electron chi connectivity index (χ1n) is 9.18. The maximum absolute atomic E-state index is 14.2. The second-order valence-electron chi connectivity index (χ2n) is 7.40. The van der Waals surface area contributed by atoms with E-state index in [4.69, 9.17) is 0 Å². The molecule has 10 heteroatoms. The van der Waals surface area contributed by atoms with E-state index in [-0.39, 0.29) is 27.7 Å². The van der Waals surface area contributed by atoms with Crippen LogP contribution >= 0.6 is 0 Å². The van der Waals surface area contributed by atoms with Crippen molar-refractivity contribution in [2.45, 2.75) is 24.3 Å². The molecule has 0 saturated carbocycles. The fraction of sp³-hybridized carbons (Fsp3) is 0.238. The Morgan fingerprint density at radius 2 is 1.87 bits per heavy atom. The van der Waals surface area contributed by atoms with Gasteiger partial charge in [0.1, 0.15) is 11.5 Å². The summed E-state index contributed by atoms with van der Waals surface area (Å²) in [5, 5.41) is 11.1. The van der Waals surface area contributed by atoms with Crippen LogP contribution in [0.1, 0.15) is 29.8 Å². The van der Waals surface area contributed by atoms with Gasteiger partial charge in [-0.2, -0.15) is 0 Å². The van der Waals surface area contributed by atoms with E-state index >= 15 is 0 Å². The number of nitrogens with zero attached hydrogens (tertiary/aromatic N) is 3. The smallest absolute Gasteiger partial charge is 0.337 e. The van der Waals surface area contributed by atoms with Crippen LogP contribution in [0.25, 0.3) is 11.3 Å². The number of esters is 1. The quantitative estimate of drug-likeness (QED) is 0.577. The van der Waals surface area contributed by atoms with Crippen molar-refractivity contribution in [3.05, 3.63) is 65.6 Å². The maximum atomic E-state index is 14.2. The van der Waals surface area contributed by atoms with Crippen LogP contribution in [0.4, 0.5) is 10.3 Å². The van der Waals surface area contributed by atoms with Crippen molar-refractivity contribution in [3.8, 4) is 11.3 Å². The number of ether oxygens (including phenoxy) is 1. The molecule has 1 N–H and O–H groups in total. The molecule has 3 rings (SSSR count). The van der Waals surface area contributed by atoms with Gasteiger partial charge >= 0.3 is 5.97 Å². The zero-order valence-corrected chi connectivity index (χ0v) is 18.2. The number of halogens is 1. The van der Waals surface area contributed by atoms with E-state index < -0.39 is 27.2 Å². The summed E-state index contributed by atoms with van der Waals surface area (Å²) in [5.74, 6) is -1.01. The number of sulfone groups is 1. The summed E-state index contributed by atoms with van der Waals surface area (Å²) < 4.78 is 42.6. The lowest BCUT2D eigenvalue weighted by Crippen LogP contribution is -2.29. The van der Waals surface area contributed by atoms with E-state index in [1.54, 1.807) is 18.2 Å². The summed E-state index contributed by atoms with van der Waals surface area (Å²) in [6.07, 6.45) is 2.48. The van der Waals surface area contributed by atoms with Crippen molar-refractivity contribution < 1.29 is 22.3 Å². The Bertz CT molecular complexity index is 1230. The van der Waals surface area contributed by atoms with E-state index in [9.17, 15) is 17.6 Å². The highest BCUT2D eigenvalue weighted by atomic mass is 32.2. The fourth-order valence-electron chi connectivity index (χ4n) is 2.89. The Morgan fingerprint density at radius 3 is 2.48 bits per heavy atom. The van der Waals surface area contributed by atoms with Crippen molar-refractivity contribution >= 4 is 21.8 Å². The highest BCUT2D eigenvalue weighted by Crippen LogP contribution is 2.27. The molecule has 0 atom stereocenters. The number of carbonyl (C=O) groups excluding carboxylic acids is 1. The van der Waals surface area contributed by atoms with Crippen LogP contribution in [0.3, 0.4) is 0 Å². The molecule has 0 fully saturated rings. The second kappa shape index (κ2) is 8.38. The number of aromatic nitrogens is 3. The highest BCUT2D eigenvalue weighted by molar-refractivity contribution is 7.90. The molecular formula is C21H21FN4O4S. The Labute approximate surface area is 179 Å². The molecule has 162 valence electrons. The number of nitrogens with one attached hydrogen (secondary N) is 1. The minimum absolute atomic E-state index is 0.0644. The summed E-state index contributed by atoms with van der Waals surface area (Å²) in [4.78, 5) is 16.1. The maximum Gasteiger partial charge on any atom is 0.337 e. The third kappa shape index (κ3) is 5.02. The molecule has 0 amide bonds. The van der Waals surface area contributed by atoms with Crippen molar-refractivity contribution in [1.29, 1.82) is 0 Å². The van der Waals surface area contributed by atoms with Crippen LogP contribution < -0.4 is 5.32 Å². The van der Waals surface area contributed by atoms with E-state index in [0.29, 0.717) is 5.56 Å². The van der Waals surface area contributed by atoms with Crippen molar-refractivity contribution in [2.24, 2.45) is 0 Å². The summed E-state index contributed by atoms with van der Waals surface area (Å²) in [7, 11) is -2.11. The largest absolute Gasteiger partial charge is 0.465 e. The number of hydrogen-bond acceptors (Lipinski definition) is 8. The van der Waals surface area contributed by atoms with Gasteiger partial charge in [-0.3, -0.25) is 0 Å². The third-order valence-corrected chi connectivity index (χ3v) is 5.74. The van der Waals surface area contributed by atoms with Crippen LogP contribution in [0.2, 0.25) is 0 Å². The van der Waals surface area contributed by atoms with Gasteiger partial charge in [0.05, 0.1) is 29.3 Å². The molecule has 0 aliphatic rings. The first-order valence-corrected chi connectivity index (χ1v) is 11.1. The lowest BCUT2D eigenvalue weighted by molar-refractivity contribution is 0.0600. The number of methoxy groups -OCH3 is 1. The molecule has 0 bridgehead atoms. The van der Waals surface area contributed by atoms with Gasteiger partial charge in [-0.25, -0.2) is 22.6 Å². The van der Waals surface area contributed by atoms with Crippen molar-refractivity contribution in [1.82, 2.24) is 15.2 Å². The van der Waals surface area contributed by atoms with Crippen LogP contribution in [-0.2, 0) is 20.1 Å². The van der Waals surface area contributed by atoms with Crippen LogP contribution in [0.5, 0.6) is 0 Å². The predicted octanol–water partition coefficient (Wildman–Crippen LogP) is 3.22. The molecule has 0 aliphatic heterocycles. The molecule has 1 aromatic heterocycles. The Morgan fingerprint density at radius 1 is 1.13 bits per heavy atom. The molecule has 3 aromatic rings. The van der Waals surface area contributed by atoms with Gasteiger partial charge in [0.25, 0.3) is 0 Å². The molecule has 2 aromatic carbocycles. The van der Waals surface area contributed by atoms with E-state index in [2.05, 4.69) is 25.2 Å². The molecule has 0 radical (unpaired) electrons. The third-order valence-electron chi connectivity index (χ3n) is 4.63. The molecular weight excluding hydrogens is 423 g/mol. The lowest BCUT2D eigenvalue weighted by atomic mass is 9.94. The normalized spacial score (nSPS) is 11.8. The summed E-state index contributed by atoms with van der Waals surface area (Å²) in [5.41, 5.74) is 0.370. The molecule has 0 saturated heterocycles. The molecule has 8 nitrogen and oxygen atoms in total. The minimum Gasteiger partial charge on any atom is -0.465 e. The van der Waals surface area contributed by atoms with Crippen LogP contribution in [-0.4, -0.2) is 42.9 Å². The Hall–Kier alpha value is -3.40. The average Bonchev–Trinajstić information content (AvgIpc) is 2.73. The van der Waals surface area contributed by atoms with Crippen LogP contribution in [0, 0.1) is 5.82 Å². The Balaban J connectivity index is 1.87.